The molecule has 1 radical (unpaired) electrons. The SMILES string of the molecule is [CH2][C@@H]1CC[C@]2(C(=O)OCC)CC[C@](O)(c3ccccc3)N12.[Fe]. The zero-order valence-electron chi connectivity index (χ0n) is 12.8. The molecule has 0 amide bonds. The van der Waals surface area contributed by atoms with Crippen molar-refractivity contribution in [3.05, 3.63) is 42.8 Å². The average molecular weight is 344 g/mol. The molecule has 5 heteroatoms. The molecule has 2 aliphatic heterocycles. The van der Waals surface area contributed by atoms with Gasteiger partial charge in [0, 0.05) is 23.1 Å². The number of carbonyl (C=O) groups is 1. The third kappa shape index (κ3) is 2.41. The molecule has 3 atom stereocenters. The van der Waals surface area contributed by atoms with E-state index in [9.17, 15) is 9.90 Å². The normalized spacial score (nSPS) is 34.0. The third-order valence-electron chi connectivity index (χ3n) is 4.89. The van der Waals surface area contributed by atoms with Gasteiger partial charge in [0.1, 0.15) is 11.3 Å². The zero-order valence-corrected chi connectivity index (χ0v) is 13.9. The summed E-state index contributed by atoms with van der Waals surface area (Å²) in [7, 11) is 0. The van der Waals surface area contributed by atoms with Crippen LogP contribution in [0, 0.1) is 6.92 Å². The Labute approximate surface area is 142 Å². The van der Waals surface area contributed by atoms with Gasteiger partial charge in [-0.1, -0.05) is 30.3 Å². The van der Waals surface area contributed by atoms with Gasteiger partial charge in [0.2, 0.25) is 0 Å². The van der Waals surface area contributed by atoms with Gasteiger partial charge in [-0.05, 0) is 45.1 Å². The minimum atomic E-state index is -1.13. The third-order valence-corrected chi connectivity index (χ3v) is 4.89. The molecule has 0 unspecified atom stereocenters. The molecule has 2 aliphatic rings. The van der Waals surface area contributed by atoms with Crippen molar-refractivity contribution in [3.8, 4) is 0 Å². The number of hydrogen-bond donors (Lipinski definition) is 1. The molecule has 2 heterocycles. The molecule has 2 saturated heterocycles. The van der Waals surface area contributed by atoms with Gasteiger partial charge >= 0.3 is 5.97 Å². The molecular weight excluding hydrogens is 322 g/mol. The molecule has 0 spiro atoms. The number of rotatable bonds is 3. The van der Waals surface area contributed by atoms with E-state index in [-0.39, 0.29) is 29.1 Å². The van der Waals surface area contributed by atoms with Crippen LogP contribution < -0.4 is 0 Å². The van der Waals surface area contributed by atoms with Crippen molar-refractivity contribution >= 4 is 5.97 Å². The molecule has 0 bridgehead atoms. The van der Waals surface area contributed by atoms with E-state index in [4.69, 9.17) is 4.74 Å². The fourth-order valence-corrected chi connectivity index (χ4v) is 3.96. The molecule has 0 aliphatic carbocycles. The van der Waals surface area contributed by atoms with Crippen molar-refractivity contribution in [1.29, 1.82) is 0 Å². The summed E-state index contributed by atoms with van der Waals surface area (Å²) < 4.78 is 5.29. The van der Waals surface area contributed by atoms with E-state index in [1.807, 2.05) is 42.2 Å². The topological polar surface area (TPSA) is 49.8 Å². The Kier molecular flexibility index (Phi) is 5.03. The van der Waals surface area contributed by atoms with E-state index in [1.54, 1.807) is 0 Å². The minimum Gasteiger partial charge on any atom is -0.465 e. The fraction of sp³-hybridized carbons (Fsp3) is 0.529. The summed E-state index contributed by atoms with van der Waals surface area (Å²) in [5.41, 5.74) is -1.02. The summed E-state index contributed by atoms with van der Waals surface area (Å²) in [5.74, 6) is -0.219. The number of fused-ring (bicyclic) bond motifs is 1. The summed E-state index contributed by atoms with van der Waals surface area (Å²) in [4.78, 5) is 14.4. The maximum absolute atomic E-state index is 12.5. The van der Waals surface area contributed by atoms with Crippen LogP contribution in [0.25, 0.3) is 0 Å². The molecule has 22 heavy (non-hydrogen) atoms. The first-order chi connectivity index (χ1) is 10.0. The van der Waals surface area contributed by atoms with Gasteiger partial charge < -0.3 is 9.84 Å². The Morgan fingerprint density at radius 3 is 2.68 bits per heavy atom. The number of carbonyl (C=O) groups excluding carboxylic acids is 1. The Hall–Kier alpha value is -0.871. The van der Waals surface area contributed by atoms with E-state index in [0.717, 1.165) is 12.0 Å². The zero-order chi connectivity index (χ0) is 15.1. The van der Waals surface area contributed by atoms with Crippen LogP contribution in [-0.4, -0.2) is 34.2 Å². The Balaban J connectivity index is 0.00000176. The maximum Gasteiger partial charge on any atom is 0.326 e. The van der Waals surface area contributed by atoms with Crippen molar-refractivity contribution in [2.75, 3.05) is 6.61 Å². The largest absolute Gasteiger partial charge is 0.465 e. The van der Waals surface area contributed by atoms with Crippen LogP contribution in [0.5, 0.6) is 0 Å². The molecule has 1 N–H and O–H groups in total. The molecule has 0 aromatic heterocycles. The molecule has 1 aromatic carbocycles. The van der Waals surface area contributed by atoms with Gasteiger partial charge in [-0.3, -0.25) is 9.69 Å². The molecule has 121 valence electrons. The maximum atomic E-state index is 12.5. The van der Waals surface area contributed by atoms with Gasteiger partial charge in [-0.25, -0.2) is 0 Å². The van der Waals surface area contributed by atoms with Gasteiger partial charge in [-0.2, -0.15) is 0 Å². The summed E-state index contributed by atoms with van der Waals surface area (Å²) >= 11 is 0. The fourth-order valence-electron chi connectivity index (χ4n) is 3.96. The molecule has 4 nitrogen and oxygen atoms in total. The van der Waals surface area contributed by atoms with E-state index in [0.29, 0.717) is 25.9 Å². The molecule has 0 saturated carbocycles. The quantitative estimate of drug-likeness (QED) is 0.675. The van der Waals surface area contributed by atoms with Crippen LogP contribution in [0.2, 0.25) is 0 Å². The first-order valence-corrected chi connectivity index (χ1v) is 7.62. The second-order valence-corrected chi connectivity index (χ2v) is 6.00. The number of aliphatic hydroxyl groups is 1. The van der Waals surface area contributed by atoms with Gasteiger partial charge in [0.25, 0.3) is 0 Å². The summed E-state index contributed by atoms with van der Waals surface area (Å²) in [6.45, 7) is 6.32. The van der Waals surface area contributed by atoms with E-state index < -0.39 is 11.3 Å². The first-order valence-electron chi connectivity index (χ1n) is 7.62. The number of nitrogens with zero attached hydrogens (tertiary/aromatic N) is 1. The molecule has 2 fully saturated rings. The van der Waals surface area contributed by atoms with Gasteiger partial charge in [0.15, 0.2) is 0 Å². The first kappa shape index (κ1) is 17.5. The predicted octanol–water partition coefficient (Wildman–Crippen LogP) is 2.22. The number of benzene rings is 1. The Morgan fingerprint density at radius 1 is 1.36 bits per heavy atom. The number of esters is 1. The van der Waals surface area contributed by atoms with Crippen LogP contribution in [0.1, 0.15) is 38.2 Å². The van der Waals surface area contributed by atoms with Crippen molar-refractivity contribution in [1.82, 2.24) is 4.90 Å². The second-order valence-electron chi connectivity index (χ2n) is 6.00. The molecular formula is C17H22FeNO3. The van der Waals surface area contributed by atoms with Crippen LogP contribution in [0.4, 0.5) is 0 Å². The van der Waals surface area contributed by atoms with E-state index in [2.05, 4.69) is 6.92 Å². The van der Waals surface area contributed by atoms with Crippen molar-refractivity contribution in [2.45, 2.75) is 49.9 Å². The van der Waals surface area contributed by atoms with E-state index in [1.165, 1.54) is 0 Å². The summed E-state index contributed by atoms with van der Waals surface area (Å²) in [6, 6.07) is 9.48. The standard InChI is InChI=1S/C17H22NO3.Fe/c1-3-21-15(19)16-10-9-13(2)18(16)17(20,12-11-16)14-7-5-4-6-8-14;/h4-8,13,20H,2-3,9-12H2,1H3;/t13-,16-,17+;/m1./s1. The van der Waals surface area contributed by atoms with Gasteiger partial charge in [-0.15, -0.1) is 0 Å². The average Bonchev–Trinajstić information content (AvgIpc) is 3.00. The molecule has 3 rings (SSSR count). The van der Waals surface area contributed by atoms with Crippen LogP contribution in [0.3, 0.4) is 0 Å². The monoisotopic (exact) mass is 344 g/mol. The van der Waals surface area contributed by atoms with Crippen molar-refractivity contribution in [3.63, 3.8) is 0 Å². The minimum absolute atomic E-state index is 0. The van der Waals surface area contributed by atoms with Crippen molar-refractivity contribution in [2.24, 2.45) is 0 Å². The van der Waals surface area contributed by atoms with Crippen LogP contribution in [0.15, 0.2) is 30.3 Å². The second kappa shape index (κ2) is 6.32. The summed E-state index contributed by atoms with van der Waals surface area (Å²) in [5, 5.41) is 11.3. The van der Waals surface area contributed by atoms with Crippen LogP contribution >= 0.6 is 0 Å². The smallest absolute Gasteiger partial charge is 0.326 e. The van der Waals surface area contributed by atoms with E-state index >= 15 is 0 Å². The Bertz CT molecular complexity index is 538. The summed E-state index contributed by atoms with van der Waals surface area (Å²) in [6.07, 6.45) is 2.65. The molecule has 1 aromatic rings. The van der Waals surface area contributed by atoms with Gasteiger partial charge in [0.05, 0.1) is 6.61 Å². The number of ether oxygens (including phenoxy) is 1. The Morgan fingerprint density at radius 2 is 2.05 bits per heavy atom. The van der Waals surface area contributed by atoms with Crippen LogP contribution in [-0.2, 0) is 32.3 Å². The van der Waals surface area contributed by atoms with Crippen molar-refractivity contribution < 1.29 is 31.7 Å². The predicted molar refractivity (Wildman–Crippen MR) is 79.2 cm³/mol. The number of hydrogen-bond acceptors (Lipinski definition) is 4.